The maximum atomic E-state index is 9.48. The zero-order valence-corrected chi connectivity index (χ0v) is 12.4. The van der Waals surface area contributed by atoms with Crippen molar-refractivity contribution in [2.45, 2.75) is 33.8 Å². The Morgan fingerprint density at radius 3 is 2.50 bits per heavy atom. The van der Waals surface area contributed by atoms with Crippen molar-refractivity contribution in [3.63, 3.8) is 0 Å². The summed E-state index contributed by atoms with van der Waals surface area (Å²) in [5, 5.41) is 22.3. The Hall–Kier alpha value is -1.95. The summed E-state index contributed by atoms with van der Waals surface area (Å²) in [6.07, 6.45) is -0.396. The topological polar surface area (TPSA) is 67.1 Å². The molecule has 108 valence electrons. The fourth-order valence-corrected chi connectivity index (χ4v) is 2.16. The first-order valence-corrected chi connectivity index (χ1v) is 6.81. The zero-order chi connectivity index (χ0) is 14.7. The molecule has 0 aliphatic heterocycles. The van der Waals surface area contributed by atoms with Crippen LogP contribution < -0.4 is 4.90 Å². The van der Waals surface area contributed by atoms with E-state index >= 15 is 0 Å². The lowest BCUT2D eigenvalue weighted by molar-refractivity contribution is 0.200. The van der Waals surface area contributed by atoms with E-state index in [0.717, 1.165) is 23.8 Å². The van der Waals surface area contributed by atoms with Crippen LogP contribution in [0.4, 0.5) is 5.82 Å². The van der Waals surface area contributed by atoms with Crippen LogP contribution in [0.5, 0.6) is 0 Å². The molecule has 0 bridgehead atoms. The monoisotopic (exact) mass is 275 g/mol. The minimum atomic E-state index is -0.396. The minimum absolute atomic E-state index is 0.396. The van der Waals surface area contributed by atoms with Crippen molar-refractivity contribution in [1.29, 1.82) is 0 Å². The molecule has 20 heavy (non-hydrogen) atoms. The van der Waals surface area contributed by atoms with E-state index in [9.17, 15) is 5.11 Å². The number of likely N-dealkylation sites (N-methyl/N-ethyl adjacent to an activating group) is 1. The lowest BCUT2D eigenvalue weighted by Gasteiger charge is -2.22. The summed E-state index contributed by atoms with van der Waals surface area (Å²) in [4.78, 5) is 1.99. The molecule has 2 aromatic rings. The van der Waals surface area contributed by atoms with Gasteiger partial charge in [0, 0.05) is 18.8 Å². The molecule has 0 radical (unpaired) electrons. The Morgan fingerprint density at radius 2 is 2.05 bits per heavy atom. The standard InChI is InChI=1S/C14H21N5O/c1-5-18(9-12(4)20)13-6-7-14(16-15-13)19-11(3)8-10(2)17-19/h6-8,12,20H,5,9H2,1-4H3. The van der Waals surface area contributed by atoms with Gasteiger partial charge in [0.1, 0.15) is 0 Å². The second kappa shape index (κ2) is 6.00. The van der Waals surface area contributed by atoms with Crippen LogP contribution in [-0.2, 0) is 0 Å². The van der Waals surface area contributed by atoms with Gasteiger partial charge in [0.15, 0.2) is 11.6 Å². The SMILES string of the molecule is CCN(CC(C)O)c1ccc(-n2nc(C)cc2C)nn1. The first kappa shape index (κ1) is 14.5. The highest BCUT2D eigenvalue weighted by Crippen LogP contribution is 2.13. The zero-order valence-electron chi connectivity index (χ0n) is 12.4. The van der Waals surface area contributed by atoms with Gasteiger partial charge in [0.05, 0.1) is 11.8 Å². The molecule has 1 N–H and O–H groups in total. The number of hydrogen-bond donors (Lipinski definition) is 1. The fraction of sp³-hybridized carbons (Fsp3) is 0.500. The van der Waals surface area contributed by atoms with Crippen molar-refractivity contribution in [3.05, 3.63) is 29.6 Å². The molecule has 6 nitrogen and oxygen atoms in total. The minimum Gasteiger partial charge on any atom is -0.392 e. The number of hydrogen-bond acceptors (Lipinski definition) is 5. The number of aliphatic hydroxyl groups excluding tert-OH is 1. The third-order valence-corrected chi connectivity index (χ3v) is 3.05. The summed E-state index contributed by atoms with van der Waals surface area (Å²) < 4.78 is 1.77. The number of aryl methyl sites for hydroxylation is 2. The molecular formula is C14H21N5O. The van der Waals surface area contributed by atoms with Gasteiger partial charge >= 0.3 is 0 Å². The summed E-state index contributed by atoms with van der Waals surface area (Å²) in [6, 6.07) is 5.80. The molecule has 0 fully saturated rings. The van der Waals surface area contributed by atoms with Gasteiger partial charge in [-0.1, -0.05) is 0 Å². The van der Waals surface area contributed by atoms with Gasteiger partial charge in [-0.3, -0.25) is 0 Å². The summed E-state index contributed by atoms with van der Waals surface area (Å²) >= 11 is 0. The molecule has 0 aromatic carbocycles. The maximum absolute atomic E-state index is 9.48. The second-order valence-electron chi connectivity index (χ2n) is 4.98. The number of aromatic nitrogens is 4. The lowest BCUT2D eigenvalue weighted by Crippen LogP contribution is -2.31. The van der Waals surface area contributed by atoms with E-state index in [1.165, 1.54) is 0 Å². The van der Waals surface area contributed by atoms with Crippen molar-refractivity contribution in [2.24, 2.45) is 0 Å². The van der Waals surface area contributed by atoms with Crippen molar-refractivity contribution >= 4 is 5.82 Å². The number of aliphatic hydroxyl groups is 1. The second-order valence-corrected chi connectivity index (χ2v) is 4.98. The molecule has 0 spiro atoms. The van der Waals surface area contributed by atoms with Crippen molar-refractivity contribution in [2.75, 3.05) is 18.0 Å². The lowest BCUT2D eigenvalue weighted by atomic mass is 10.3. The summed E-state index contributed by atoms with van der Waals surface area (Å²) in [5.74, 6) is 1.46. The van der Waals surface area contributed by atoms with Gasteiger partial charge in [0.2, 0.25) is 0 Å². The predicted octanol–water partition coefficient (Wildman–Crippen LogP) is 1.49. The van der Waals surface area contributed by atoms with Crippen LogP contribution >= 0.6 is 0 Å². The van der Waals surface area contributed by atoms with Gasteiger partial charge in [-0.25, -0.2) is 4.68 Å². The van der Waals surface area contributed by atoms with E-state index in [-0.39, 0.29) is 0 Å². The highest BCUT2D eigenvalue weighted by Gasteiger charge is 2.11. The Bertz CT molecular complexity index is 561. The Labute approximate surface area is 119 Å². The van der Waals surface area contributed by atoms with Crippen LogP contribution in [0.25, 0.3) is 5.82 Å². The number of nitrogens with zero attached hydrogens (tertiary/aromatic N) is 5. The average molecular weight is 275 g/mol. The van der Waals surface area contributed by atoms with Crippen molar-refractivity contribution < 1.29 is 5.11 Å². The molecule has 0 saturated heterocycles. The molecule has 1 atom stereocenters. The Morgan fingerprint density at radius 1 is 1.30 bits per heavy atom. The van der Waals surface area contributed by atoms with Crippen LogP contribution in [0.15, 0.2) is 18.2 Å². The smallest absolute Gasteiger partial charge is 0.176 e. The average Bonchev–Trinajstić information content (AvgIpc) is 2.75. The van der Waals surface area contributed by atoms with E-state index in [4.69, 9.17) is 0 Å². The van der Waals surface area contributed by atoms with Crippen molar-refractivity contribution in [3.8, 4) is 5.82 Å². The quantitative estimate of drug-likeness (QED) is 0.895. The van der Waals surface area contributed by atoms with Crippen LogP contribution in [0.3, 0.4) is 0 Å². The molecule has 2 rings (SSSR count). The molecular weight excluding hydrogens is 254 g/mol. The van der Waals surface area contributed by atoms with E-state index in [2.05, 4.69) is 15.3 Å². The third kappa shape index (κ3) is 3.14. The van der Waals surface area contributed by atoms with Crippen LogP contribution in [0.1, 0.15) is 25.2 Å². The molecule has 6 heteroatoms. The maximum Gasteiger partial charge on any atom is 0.176 e. The predicted molar refractivity (Wildman–Crippen MR) is 78.2 cm³/mol. The molecule has 1 unspecified atom stereocenters. The highest BCUT2D eigenvalue weighted by molar-refractivity contribution is 5.40. The Balaban J connectivity index is 2.23. The van der Waals surface area contributed by atoms with Gasteiger partial charge in [-0.05, 0) is 45.9 Å². The molecule has 0 aliphatic carbocycles. The third-order valence-electron chi connectivity index (χ3n) is 3.05. The molecule has 0 saturated carbocycles. The first-order chi connectivity index (χ1) is 9.51. The Kier molecular flexibility index (Phi) is 4.34. The fourth-order valence-electron chi connectivity index (χ4n) is 2.16. The summed E-state index contributed by atoms with van der Waals surface area (Å²) in [7, 11) is 0. The summed E-state index contributed by atoms with van der Waals surface area (Å²) in [5.41, 5.74) is 1.98. The molecule has 0 aliphatic rings. The van der Waals surface area contributed by atoms with Crippen molar-refractivity contribution in [1.82, 2.24) is 20.0 Å². The van der Waals surface area contributed by atoms with Gasteiger partial charge in [-0.2, -0.15) is 5.10 Å². The van der Waals surface area contributed by atoms with E-state index in [1.807, 2.05) is 43.9 Å². The van der Waals surface area contributed by atoms with Gasteiger partial charge in [-0.15, -0.1) is 10.2 Å². The highest BCUT2D eigenvalue weighted by atomic mass is 16.3. The molecule has 0 amide bonds. The van der Waals surface area contributed by atoms with Crippen LogP contribution in [-0.4, -0.2) is 44.3 Å². The van der Waals surface area contributed by atoms with Crippen LogP contribution in [0.2, 0.25) is 0 Å². The van der Waals surface area contributed by atoms with Crippen LogP contribution in [0, 0.1) is 13.8 Å². The molecule has 2 heterocycles. The van der Waals surface area contributed by atoms with Gasteiger partial charge in [0.25, 0.3) is 0 Å². The molecule has 2 aromatic heterocycles. The van der Waals surface area contributed by atoms with Gasteiger partial charge < -0.3 is 10.0 Å². The van der Waals surface area contributed by atoms with E-state index in [1.54, 1.807) is 11.6 Å². The first-order valence-electron chi connectivity index (χ1n) is 6.81. The number of anilines is 1. The van der Waals surface area contributed by atoms with E-state index in [0.29, 0.717) is 12.4 Å². The van der Waals surface area contributed by atoms with E-state index < -0.39 is 6.10 Å². The summed E-state index contributed by atoms with van der Waals surface area (Å²) in [6.45, 7) is 9.05. The largest absolute Gasteiger partial charge is 0.392 e. The normalized spacial score (nSPS) is 12.4. The number of rotatable bonds is 5.